The average molecular weight is 334 g/mol. The van der Waals surface area contributed by atoms with Crippen LogP contribution in [-0.2, 0) is 11.3 Å². The molecule has 1 saturated heterocycles. The molecule has 3 heterocycles. The maximum absolute atomic E-state index is 12.4. The number of amides is 1. The summed E-state index contributed by atoms with van der Waals surface area (Å²) in [6.45, 7) is 3.28. The lowest BCUT2D eigenvalue weighted by molar-refractivity contribution is -0.128. The summed E-state index contributed by atoms with van der Waals surface area (Å²) in [4.78, 5) is 22.7. The SMILES string of the molecule is Cc1ccccc1CN1CC(c2nc(-c3ccncc3)no2)CC1=O. The monoisotopic (exact) mass is 334 g/mol. The third-order valence-corrected chi connectivity index (χ3v) is 4.57. The molecule has 3 aromatic rings. The number of aromatic nitrogens is 3. The molecule has 0 N–H and O–H groups in total. The van der Waals surface area contributed by atoms with E-state index >= 15 is 0 Å². The molecule has 1 aliphatic rings. The molecular weight excluding hydrogens is 316 g/mol. The first-order valence-electron chi connectivity index (χ1n) is 8.27. The zero-order valence-electron chi connectivity index (χ0n) is 13.9. The number of carbonyl (C=O) groups excluding carboxylic acids is 1. The number of likely N-dealkylation sites (tertiary alicyclic amines) is 1. The summed E-state index contributed by atoms with van der Waals surface area (Å²) in [6.07, 6.45) is 3.78. The molecule has 2 aromatic heterocycles. The highest BCUT2D eigenvalue weighted by atomic mass is 16.5. The van der Waals surface area contributed by atoms with Crippen LogP contribution in [0.2, 0.25) is 0 Å². The molecule has 1 aliphatic heterocycles. The Labute approximate surface area is 145 Å². The van der Waals surface area contributed by atoms with Crippen LogP contribution in [-0.4, -0.2) is 32.5 Å². The summed E-state index contributed by atoms with van der Waals surface area (Å²) in [7, 11) is 0. The second-order valence-electron chi connectivity index (χ2n) is 6.29. The second kappa shape index (κ2) is 6.47. The molecule has 0 saturated carbocycles. The summed E-state index contributed by atoms with van der Waals surface area (Å²) < 4.78 is 5.41. The van der Waals surface area contributed by atoms with Crippen LogP contribution in [0.5, 0.6) is 0 Å². The Kier molecular flexibility index (Phi) is 4.01. The normalized spacial score (nSPS) is 17.2. The van der Waals surface area contributed by atoms with Gasteiger partial charge in [-0.05, 0) is 30.2 Å². The molecule has 0 aliphatic carbocycles. The molecule has 0 radical (unpaired) electrons. The van der Waals surface area contributed by atoms with E-state index in [2.05, 4.69) is 34.2 Å². The number of pyridine rings is 1. The van der Waals surface area contributed by atoms with Crippen LogP contribution in [0, 0.1) is 6.92 Å². The smallest absolute Gasteiger partial charge is 0.232 e. The molecule has 1 fully saturated rings. The molecule has 1 atom stereocenters. The Hall–Kier alpha value is -3.02. The number of aryl methyl sites for hydroxylation is 1. The molecule has 25 heavy (non-hydrogen) atoms. The fourth-order valence-corrected chi connectivity index (χ4v) is 3.10. The standard InChI is InChI=1S/C19H18N4O2/c1-13-4-2-3-5-15(13)11-23-12-16(10-17(23)24)19-21-18(22-25-19)14-6-8-20-9-7-14/h2-9,16H,10-12H2,1H3. The van der Waals surface area contributed by atoms with Gasteiger partial charge < -0.3 is 9.42 Å². The Morgan fingerprint density at radius 3 is 2.80 bits per heavy atom. The van der Waals surface area contributed by atoms with E-state index in [-0.39, 0.29) is 11.8 Å². The van der Waals surface area contributed by atoms with Crippen molar-refractivity contribution < 1.29 is 9.32 Å². The molecule has 0 bridgehead atoms. The van der Waals surface area contributed by atoms with E-state index in [0.29, 0.717) is 31.2 Å². The fourth-order valence-electron chi connectivity index (χ4n) is 3.10. The number of rotatable bonds is 4. The molecule has 6 heteroatoms. The van der Waals surface area contributed by atoms with Gasteiger partial charge in [-0.1, -0.05) is 29.4 Å². The second-order valence-corrected chi connectivity index (χ2v) is 6.29. The van der Waals surface area contributed by atoms with Crippen molar-refractivity contribution in [2.45, 2.75) is 25.8 Å². The van der Waals surface area contributed by atoms with E-state index in [9.17, 15) is 4.79 Å². The van der Waals surface area contributed by atoms with Crippen LogP contribution >= 0.6 is 0 Å². The third kappa shape index (κ3) is 3.15. The average Bonchev–Trinajstić information content (AvgIpc) is 3.25. The van der Waals surface area contributed by atoms with Gasteiger partial charge in [-0.3, -0.25) is 9.78 Å². The van der Waals surface area contributed by atoms with Crippen molar-refractivity contribution in [3.63, 3.8) is 0 Å². The van der Waals surface area contributed by atoms with Crippen molar-refractivity contribution in [2.75, 3.05) is 6.54 Å². The lowest BCUT2D eigenvalue weighted by atomic mass is 10.1. The number of carbonyl (C=O) groups is 1. The van der Waals surface area contributed by atoms with Crippen molar-refractivity contribution >= 4 is 5.91 Å². The third-order valence-electron chi connectivity index (χ3n) is 4.57. The van der Waals surface area contributed by atoms with Gasteiger partial charge in [0.15, 0.2) is 0 Å². The van der Waals surface area contributed by atoms with Gasteiger partial charge in [0.05, 0.1) is 5.92 Å². The summed E-state index contributed by atoms with van der Waals surface area (Å²) in [6, 6.07) is 11.8. The van der Waals surface area contributed by atoms with Crippen LogP contribution in [0.4, 0.5) is 0 Å². The van der Waals surface area contributed by atoms with Gasteiger partial charge in [-0.25, -0.2) is 0 Å². The predicted molar refractivity (Wildman–Crippen MR) is 91.5 cm³/mol. The maximum atomic E-state index is 12.4. The van der Waals surface area contributed by atoms with Gasteiger partial charge in [0, 0.05) is 37.5 Å². The van der Waals surface area contributed by atoms with Gasteiger partial charge >= 0.3 is 0 Å². The minimum atomic E-state index is -0.0559. The van der Waals surface area contributed by atoms with Crippen molar-refractivity contribution in [2.24, 2.45) is 0 Å². The molecule has 1 unspecified atom stereocenters. The number of benzene rings is 1. The lowest BCUT2D eigenvalue weighted by Crippen LogP contribution is -2.24. The van der Waals surface area contributed by atoms with Gasteiger partial charge in [0.25, 0.3) is 0 Å². The Bertz CT molecular complexity index is 891. The first-order chi connectivity index (χ1) is 12.2. The highest BCUT2D eigenvalue weighted by Gasteiger charge is 2.34. The van der Waals surface area contributed by atoms with Crippen LogP contribution in [0.15, 0.2) is 53.3 Å². The van der Waals surface area contributed by atoms with Crippen LogP contribution in [0.25, 0.3) is 11.4 Å². The quantitative estimate of drug-likeness (QED) is 0.733. The number of nitrogens with zero attached hydrogens (tertiary/aromatic N) is 4. The highest BCUT2D eigenvalue weighted by molar-refractivity contribution is 5.79. The van der Waals surface area contributed by atoms with E-state index in [0.717, 1.165) is 5.56 Å². The summed E-state index contributed by atoms with van der Waals surface area (Å²) in [5.74, 6) is 1.12. The highest BCUT2D eigenvalue weighted by Crippen LogP contribution is 2.29. The Morgan fingerprint density at radius 1 is 1.20 bits per heavy atom. The minimum absolute atomic E-state index is 0.0559. The zero-order valence-corrected chi connectivity index (χ0v) is 13.9. The molecule has 0 spiro atoms. The fraction of sp³-hybridized carbons (Fsp3) is 0.263. The minimum Gasteiger partial charge on any atom is -0.339 e. The van der Waals surface area contributed by atoms with Gasteiger partial charge in [-0.15, -0.1) is 0 Å². The van der Waals surface area contributed by atoms with Gasteiger partial charge in [0.1, 0.15) is 0 Å². The molecule has 4 rings (SSSR count). The predicted octanol–water partition coefficient (Wildman–Crippen LogP) is 2.96. The molecule has 1 amide bonds. The maximum Gasteiger partial charge on any atom is 0.232 e. The van der Waals surface area contributed by atoms with Gasteiger partial charge in [-0.2, -0.15) is 4.98 Å². The van der Waals surface area contributed by atoms with E-state index in [1.807, 2.05) is 29.2 Å². The van der Waals surface area contributed by atoms with Crippen LogP contribution in [0.1, 0.15) is 29.4 Å². The van der Waals surface area contributed by atoms with E-state index in [1.165, 1.54) is 11.1 Å². The Morgan fingerprint density at radius 2 is 2.00 bits per heavy atom. The Balaban J connectivity index is 1.49. The van der Waals surface area contributed by atoms with Crippen LogP contribution in [0.3, 0.4) is 0 Å². The largest absolute Gasteiger partial charge is 0.339 e. The van der Waals surface area contributed by atoms with E-state index in [1.54, 1.807) is 12.4 Å². The van der Waals surface area contributed by atoms with Crippen molar-refractivity contribution in [3.05, 3.63) is 65.8 Å². The first-order valence-corrected chi connectivity index (χ1v) is 8.27. The molecule has 1 aromatic carbocycles. The molecule has 126 valence electrons. The zero-order chi connectivity index (χ0) is 17.2. The topological polar surface area (TPSA) is 72.1 Å². The van der Waals surface area contributed by atoms with Crippen LogP contribution < -0.4 is 0 Å². The first kappa shape index (κ1) is 15.5. The molecular formula is C19H18N4O2. The van der Waals surface area contributed by atoms with E-state index < -0.39 is 0 Å². The summed E-state index contributed by atoms with van der Waals surface area (Å²) in [5, 5.41) is 4.04. The molecule has 6 nitrogen and oxygen atoms in total. The summed E-state index contributed by atoms with van der Waals surface area (Å²) >= 11 is 0. The number of hydrogen-bond donors (Lipinski definition) is 0. The number of hydrogen-bond acceptors (Lipinski definition) is 5. The lowest BCUT2D eigenvalue weighted by Gasteiger charge is -2.17. The van der Waals surface area contributed by atoms with Gasteiger partial charge in [0.2, 0.25) is 17.6 Å². The summed E-state index contributed by atoms with van der Waals surface area (Å²) in [5.41, 5.74) is 3.21. The van der Waals surface area contributed by atoms with Crippen molar-refractivity contribution in [1.82, 2.24) is 20.0 Å². The van der Waals surface area contributed by atoms with Crippen molar-refractivity contribution in [1.29, 1.82) is 0 Å². The van der Waals surface area contributed by atoms with E-state index in [4.69, 9.17) is 4.52 Å². The van der Waals surface area contributed by atoms with Crippen molar-refractivity contribution in [3.8, 4) is 11.4 Å².